The van der Waals surface area contributed by atoms with E-state index in [0.29, 0.717) is 25.9 Å². The molecule has 0 spiro atoms. The first-order valence-corrected chi connectivity index (χ1v) is 13.0. The summed E-state index contributed by atoms with van der Waals surface area (Å²) in [7, 11) is 0. The summed E-state index contributed by atoms with van der Waals surface area (Å²) >= 11 is 0. The number of hydrazone groups is 1. The lowest BCUT2D eigenvalue weighted by Gasteiger charge is -2.50. The summed E-state index contributed by atoms with van der Waals surface area (Å²) in [5.41, 5.74) is 5.68. The van der Waals surface area contributed by atoms with E-state index in [2.05, 4.69) is 45.0 Å². The van der Waals surface area contributed by atoms with Crippen LogP contribution in [0.1, 0.15) is 49.7 Å². The molecule has 2 aromatic carbocycles. The maximum atomic E-state index is 13.5. The topological polar surface area (TPSA) is 77.0 Å². The van der Waals surface area contributed by atoms with Gasteiger partial charge in [0, 0.05) is 32.0 Å². The molecule has 1 saturated carbocycles. The number of amides is 2. The van der Waals surface area contributed by atoms with E-state index in [9.17, 15) is 9.59 Å². The smallest absolute Gasteiger partial charge is 0.230 e. The molecule has 3 atom stereocenters. The molecule has 0 aromatic heterocycles. The Labute approximate surface area is 207 Å². The average molecular weight is 474 g/mol. The molecule has 35 heavy (non-hydrogen) atoms. The SMILES string of the molecule is O=C(CCC1=NNC2N(CCc3ccccc3)C(=O)C3CCCCC3N12)NCCc1ccccc1. The van der Waals surface area contributed by atoms with Gasteiger partial charge >= 0.3 is 0 Å². The normalized spacial score (nSPS) is 23.3. The zero-order valence-electron chi connectivity index (χ0n) is 20.2. The molecular weight excluding hydrogens is 438 g/mol. The van der Waals surface area contributed by atoms with Crippen LogP contribution in [-0.4, -0.2) is 52.9 Å². The molecule has 1 saturated heterocycles. The van der Waals surface area contributed by atoms with E-state index in [4.69, 9.17) is 0 Å². The lowest BCUT2D eigenvalue weighted by Crippen LogP contribution is -2.67. The van der Waals surface area contributed by atoms with Gasteiger partial charge in [-0.1, -0.05) is 73.5 Å². The molecule has 2 heterocycles. The zero-order valence-corrected chi connectivity index (χ0v) is 20.2. The van der Waals surface area contributed by atoms with Crippen molar-refractivity contribution in [1.29, 1.82) is 0 Å². The molecule has 2 aliphatic heterocycles. The number of hydrogen-bond acceptors (Lipinski definition) is 5. The molecule has 3 aliphatic rings. The number of nitrogens with zero attached hydrogens (tertiary/aromatic N) is 3. The molecule has 3 unspecified atom stereocenters. The van der Waals surface area contributed by atoms with E-state index < -0.39 is 0 Å². The van der Waals surface area contributed by atoms with Crippen LogP contribution in [0.3, 0.4) is 0 Å². The highest BCUT2D eigenvalue weighted by Gasteiger charge is 2.50. The third-order valence-electron chi connectivity index (χ3n) is 7.49. The predicted molar refractivity (Wildman–Crippen MR) is 136 cm³/mol. The predicted octanol–water partition coefficient (Wildman–Crippen LogP) is 3.27. The van der Waals surface area contributed by atoms with Crippen LogP contribution in [0.15, 0.2) is 65.8 Å². The van der Waals surface area contributed by atoms with Crippen LogP contribution >= 0.6 is 0 Å². The van der Waals surface area contributed by atoms with Crippen molar-refractivity contribution in [3.63, 3.8) is 0 Å². The van der Waals surface area contributed by atoms with Crippen molar-refractivity contribution in [2.75, 3.05) is 13.1 Å². The summed E-state index contributed by atoms with van der Waals surface area (Å²) in [6.07, 6.45) is 6.53. The molecular formula is C28H35N5O2. The van der Waals surface area contributed by atoms with Gasteiger partial charge in [-0.2, -0.15) is 5.10 Å². The van der Waals surface area contributed by atoms with Crippen LogP contribution in [0.4, 0.5) is 0 Å². The first kappa shape index (κ1) is 23.4. The highest BCUT2D eigenvalue weighted by molar-refractivity contribution is 5.91. The van der Waals surface area contributed by atoms with Gasteiger partial charge in [-0.15, -0.1) is 0 Å². The average Bonchev–Trinajstić information content (AvgIpc) is 3.33. The number of hydrogen-bond donors (Lipinski definition) is 2. The minimum absolute atomic E-state index is 0.0144. The summed E-state index contributed by atoms with van der Waals surface area (Å²) in [6, 6.07) is 20.7. The zero-order chi connectivity index (χ0) is 24.0. The van der Waals surface area contributed by atoms with E-state index in [1.165, 1.54) is 11.1 Å². The highest BCUT2D eigenvalue weighted by atomic mass is 16.2. The first-order chi connectivity index (χ1) is 17.2. The number of carbonyl (C=O) groups excluding carboxylic acids is 2. The summed E-state index contributed by atoms with van der Waals surface area (Å²) in [4.78, 5) is 30.3. The second-order valence-electron chi connectivity index (χ2n) is 9.75. The molecule has 7 heteroatoms. The second kappa shape index (κ2) is 10.9. The van der Waals surface area contributed by atoms with Gasteiger partial charge in [0.2, 0.25) is 11.8 Å². The fraction of sp³-hybridized carbons (Fsp3) is 0.464. The summed E-state index contributed by atoms with van der Waals surface area (Å²) in [5, 5.41) is 7.67. The van der Waals surface area contributed by atoms with Crippen LogP contribution in [0.2, 0.25) is 0 Å². The Morgan fingerprint density at radius 3 is 2.37 bits per heavy atom. The van der Waals surface area contributed by atoms with Gasteiger partial charge in [-0.3, -0.25) is 15.0 Å². The summed E-state index contributed by atoms with van der Waals surface area (Å²) in [5.74, 6) is 1.21. The monoisotopic (exact) mass is 473 g/mol. The van der Waals surface area contributed by atoms with Crippen molar-refractivity contribution in [2.45, 2.75) is 63.7 Å². The Bertz CT molecular complexity index is 1040. The van der Waals surface area contributed by atoms with E-state index >= 15 is 0 Å². The minimum Gasteiger partial charge on any atom is -0.356 e. The van der Waals surface area contributed by atoms with Crippen LogP contribution in [-0.2, 0) is 22.4 Å². The number of carbonyl (C=O) groups is 2. The maximum Gasteiger partial charge on any atom is 0.230 e. The molecule has 2 amide bonds. The van der Waals surface area contributed by atoms with E-state index in [0.717, 1.165) is 44.4 Å². The third kappa shape index (κ3) is 5.34. The van der Waals surface area contributed by atoms with Gasteiger partial charge in [0.1, 0.15) is 5.84 Å². The fourth-order valence-corrected chi connectivity index (χ4v) is 5.67. The van der Waals surface area contributed by atoms with Crippen molar-refractivity contribution in [2.24, 2.45) is 11.0 Å². The Morgan fingerprint density at radius 1 is 0.943 bits per heavy atom. The van der Waals surface area contributed by atoms with Gasteiger partial charge in [-0.05, 0) is 36.8 Å². The Balaban J connectivity index is 1.20. The molecule has 184 valence electrons. The molecule has 0 bridgehead atoms. The Hall–Kier alpha value is -3.35. The second-order valence-corrected chi connectivity index (χ2v) is 9.75. The largest absolute Gasteiger partial charge is 0.356 e. The van der Waals surface area contributed by atoms with Crippen LogP contribution in [0.25, 0.3) is 0 Å². The highest BCUT2D eigenvalue weighted by Crippen LogP contribution is 2.37. The van der Waals surface area contributed by atoms with Gasteiger partial charge in [0.25, 0.3) is 0 Å². The molecule has 0 radical (unpaired) electrons. The molecule has 2 fully saturated rings. The quantitative estimate of drug-likeness (QED) is 0.586. The van der Waals surface area contributed by atoms with Gasteiger partial charge < -0.3 is 15.1 Å². The van der Waals surface area contributed by atoms with Gasteiger partial charge in [0.05, 0.1) is 5.92 Å². The summed E-state index contributed by atoms with van der Waals surface area (Å²) in [6.45, 7) is 1.29. The number of nitrogens with one attached hydrogen (secondary N) is 2. The van der Waals surface area contributed by atoms with Crippen molar-refractivity contribution in [1.82, 2.24) is 20.5 Å². The summed E-state index contributed by atoms with van der Waals surface area (Å²) < 4.78 is 0. The standard InChI is InChI=1S/C28H35N5O2/c34-26(29-19-17-21-9-3-1-4-10-21)16-15-25-30-31-28-32(20-18-22-11-5-2-6-12-22)27(35)23-13-7-8-14-24(23)33(25)28/h1-6,9-12,23-24,28,31H,7-8,13-20H2,(H,29,34). The van der Waals surface area contributed by atoms with E-state index in [1.54, 1.807) is 0 Å². The molecule has 1 aliphatic carbocycles. The minimum atomic E-state index is -0.248. The van der Waals surface area contributed by atoms with Gasteiger partial charge in [0.15, 0.2) is 6.29 Å². The lowest BCUT2D eigenvalue weighted by atomic mass is 9.80. The first-order valence-electron chi connectivity index (χ1n) is 13.0. The Kier molecular flexibility index (Phi) is 7.31. The van der Waals surface area contributed by atoms with Crippen molar-refractivity contribution < 1.29 is 9.59 Å². The van der Waals surface area contributed by atoms with Gasteiger partial charge in [-0.25, -0.2) is 0 Å². The van der Waals surface area contributed by atoms with E-state index in [-0.39, 0.29) is 30.1 Å². The van der Waals surface area contributed by atoms with Crippen LogP contribution in [0.5, 0.6) is 0 Å². The molecule has 2 aromatic rings. The molecule has 5 rings (SSSR count). The number of fused-ring (bicyclic) bond motifs is 3. The molecule has 2 N–H and O–H groups in total. The third-order valence-corrected chi connectivity index (χ3v) is 7.49. The Morgan fingerprint density at radius 2 is 1.63 bits per heavy atom. The number of benzene rings is 2. The molecule has 7 nitrogen and oxygen atoms in total. The maximum absolute atomic E-state index is 13.5. The van der Waals surface area contributed by atoms with E-state index in [1.807, 2.05) is 41.3 Å². The van der Waals surface area contributed by atoms with Crippen molar-refractivity contribution >= 4 is 17.6 Å². The van der Waals surface area contributed by atoms with Crippen molar-refractivity contribution in [3.05, 3.63) is 71.8 Å². The van der Waals surface area contributed by atoms with Crippen LogP contribution < -0.4 is 10.7 Å². The van der Waals surface area contributed by atoms with Crippen molar-refractivity contribution in [3.8, 4) is 0 Å². The number of rotatable bonds is 9. The fourth-order valence-electron chi connectivity index (χ4n) is 5.67. The lowest BCUT2D eigenvalue weighted by molar-refractivity contribution is -0.155. The number of amidine groups is 1. The van der Waals surface area contributed by atoms with Crippen LogP contribution in [0, 0.1) is 5.92 Å².